The minimum absolute atomic E-state index is 0.231. The lowest BCUT2D eigenvalue weighted by Gasteiger charge is -2.12. The van der Waals surface area contributed by atoms with Crippen molar-refractivity contribution in [2.24, 2.45) is 5.73 Å². The van der Waals surface area contributed by atoms with Crippen LogP contribution in [0.3, 0.4) is 0 Å². The molecule has 0 aliphatic heterocycles. The molecule has 0 radical (unpaired) electrons. The zero-order valence-electron chi connectivity index (χ0n) is 17.6. The van der Waals surface area contributed by atoms with E-state index >= 15 is 0 Å². The van der Waals surface area contributed by atoms with Gasteiger partial charge in [-0.3, -0.25) is 4.79 Å². The number of halogens is 1. The first-order valence-electron chi connectivity index (χ1n) is 9.51. The molecule has 0 saturated heterocycles. The number of aromatic nitrogens is 1. The van der Waals surface area contributed by atoms with Crippen LogP contribution in [-0.2, 0) is 13.1 Å². The molecule has 3 N–H and O–H groups in total. The minimum atomic E-state index is -0.231. The first-order chi connectivity index (χ1) is 15.0. The first kappa shape index (κ1) is 22.4. The van der Waals surface area contributed by atoms with Gasteiger partial charge in [0, 0.05) is 36.5 Å². The number of rotatable bonds is 8. The Bertz CT molecular complexity index is 1070. The quantitative estimate of drug-likeness (QED) is 0.551. The van der Waals surface area contributed by atoms with Gasteiger partial charge in [0.1, 0.15) is 16.5 Å². The predicted molar refractivity (Wildman–Crippen MR) is 120 cm³/mol. The molecule has 162 valence electrons. The van der Waals surface area contributed by atoms with E-state index < -0.39 is 0 Å². The van der Waals surface area contributed by atoms with Crippen LogP contribution in [0.5, 0.6) is 17.4 Å². The zero-order valence-corrected chi connectivity index (χ0v) is 18.3. The van der Waals surface area contributed by atoms with Gasteiger partial charge in [-0.25, -0.2) is 4.98 Å². The monoisotopic (exact) mass is 441 g/mol. The Balaban J connectivity index is 1.84. The molecule has 0 saturated carbocycles. The molecule has 3 rings (SSSR count). The molecule has 1 amide bonds. The van der Waals surface area contributed by atoms with Crippen LogP contribution in [-0.4, -0.2) is 32.2 Å². The highest BCUT2D eigenvalue weighted by Gasteiger charge is 2.12. The van der Waals surface area contributed by atoms with E-state index in [9.17, 15) is 4.79 Å². The molecule has 2 aromatic carbocycles. The summed E-state index contributed by atoms with van der Waals surface area (Å²) in [6.45, 7) is 0.600. The second-order valence-electron chi connectivity index (χ2n) is 6.74. The summed E-state index contributed by atoms with van der Waals surface area (Å²) in [6.07, 6.45) is 1.64. The summed E-state index contributed by atoms with van der Waals surface area (Å²) in [5.41, 5.74) is 9.55. The number of hydrogen-bond acceptors (Lipinski definition) is 6. The van der Waals surface area contributed by atoms with Crippen molar-refractivity contribution in [3.05, 3.63) is 70.4 Å². The molecule has 0 aliphatic carbocycles. The third kappa shape index (κ3) is 5.45. The van der Waals surface area contributed by atoms with Crippen molar-refractivity contribution in [1.29, 1.82) is 0 Å². The Labute approximate surface area is 186 Å². The van der Waals surface area contributed by atoms with Gasteiger partial charge >= 0.3 is 0 Å². The molecule has 8 heteroatoms. The van der Waals surface area contributed by atoms with Crippen LogP contribution in [0.2, 0.25) is 5.02 Å². The fraction of sp³-hybridized carbons (Fsp3) is 0.217. The lowest BCUT2D eigenvalue weighted by molar-refractivity contribution is 0.0950. The Morgan fingerprint density at radius 2 is 1.65 bits per heavy atom. The molecule has 0 aliphatic rings. The van der Waals surface area contributed by atoms with Crippen molar-refractivity contribution in [2.45, 2.75) is 13.1 Å². The molecule has 3 aromatic rings. The lowest BCUT2D eigenvalue weighted by atomic mass is 10.0. The Morgan fingerprint density at radius 3 is 2.23 bits per heavy atom. The van der Waals surface area contributed by atoms with Gasteiger partial charge < -0.3 is 25.3 Å². The van der Waals surface area contributed by atoms with Gasteiger partial charge in [-0.15, -0.1) is 0 Å². The lowest BCUT2D eigenvalue weighted by Crippen LogP contribution is -2.23. The van der Waals surface area contributed by atoms with E-state index in [4.69, 9.17) is 31.5 Å². The van der Waals surface area contributed by atoms with Gasteiger partial charge in [-0.05, 0) is 53.1 Å². The highest BCUT2D eigenvalue weighted by Crippen LogP contribution is 2.29. The van der Waals surface area contributed by atoms with Crippen LogP contribution in [0.4, 0.5) is 0 Å². The van der Waals surface area contributed by atoms with E-state index in [-0.39, 0.29) is 5.91 Å². The van der Waals surface area contributed by atoms with E-state index in [0.717, 1.165) is 22.3 Å². The third-order valence-electron chi connectivity index (χ3n) is 4.69. The Morgan fingerprint density at radius 1 is 0.935 bits per heavy atom. The Kier molecular flexibility index (Phi) is 7.33. The molecule has 31 heavy (non-hydrogen) atoms. The van der Waals surface area contributed by atoms with Crippen molar-refractivity contribution < 1.29 is 19.0 Å². The predicted octanol–water partition coefficient (Wildman–Crippen LogP) is 3.82. The molecule has 0 bridgehead atoms. The Hall–Kier alpha value is -3.29. The van der Waals surface area contributed by atoms with Crippen molar-refractivity contribution in [3.8, 4) is 28.5 Å². The fourth-order valence-electron chi connectivity index (χ4n) is 3.09. The normalized spacial score (nSPS) is 10.5. The fourth-order valence-corrected chi connectivity index (χ4v) is 3.34. The van der Waals surface area contributed by atoms with Gasteiger partial charge in [0.15, 0.2) is 0 Å². The summed E-state index contributed by atoms with van der Waals surface area (Å²) >= 11 is 6.21. The van der Waals surface area contributed by atoms with Crippen LogP contribution >= 0.6 is 11.6 Å². The summed E-state index contributed by atoms with van der Waals surface area (Å²) in [5.74, 6) is 1.41. The van der Waals surface area contributed by atoms with Gasteiger partial charge in [-0.1, -0.05) is 11.6 Å². The van der Waals surface area contributed by atoms with E-state index in [1.165, 1.54) is 7.11 Å². The van der Waals surface area contributed by atoms with Crippen LogP contribution in [0.15, 0.2) is 48.7 Å². The number of nitrogens with one attached hydrogen (secondary N) is 1. The maximum atomic E-state index is 12.9. The molecule has 0 spiro atoms. The number of amides is 1. The summed E-state index contributed by atoms with van der Waals surface area (Å²) in [4.78, 5) is 17.1. The molecule has 0 fully saturated rings. The van der Waals surface area contributed by atoms with Crippen LogP contribution in [0, 0.1) is 0 Å². The van der Waals surface area contributed by atoms with Gasteiger partial charge in [-0.2, -0.15) is 0 Å². The topological polar surface area (TPSA) is 95.7 Å². The molecule has 1 aromatic heterocycles. The van der Waals surface area contributed by atoms with E-state index in [1.54, 1.807) is 44.7 Å². The SMILES string of the molecule is COc1cc(CNC(=O)c2cc(CN)cc(-c3cnc(OC)c(Cl)c3)c2)cc(OC)c1. The second-order valence-corrected chi connectivity index (χ2v) is 7.15. The number of nitrogens with zero attached hydrogens (tertiary/aromatic N) is 1. The van der Waals surface area contributed by atoms with Crippen molar-refractivity contribution >= 4 is 17.5 Å². The molecular formula is C23H24ClN3O4. The van der Waals surface area contributed by atoms with Crippen LogP contribution < -0.4 is 25.3 Å². The summed E-state index contributed by atoms with van der Waals surface area (Å²) < 4.78 is 15.7. The highest BCUT2D eigenvalue weighted by atomic mass is 35.5. The largest absolute Gasteiger partial charge is 0.497 e. The minimum Gasteiger partial charge on any atom is -0.497 e. The summed E-state index contributed by atoms with van der Waals surface area (Å²) in [6, 6.07) is 12.7. The van der Waals surface area contributed by atoms with E-state index in [1.807, 2.05) is 18.2 Å². The number of ether oxygens (including phenoxy) is 3. The molecule has 7 nitrogen and oxygen atoms in total. The average Bonchev–Trinajstić information content (AvgIpc) is 2.81. The summed E-state index contributed by atoms with van der Waals surface area (Å²) in [5, 5.41) is 3.31. The second kappa shape index (κ2) is 10.1. The molecule has 1 heterocycles. The summed E-state index contributed by atoms with van der Waals surface area (Å²) in [7, 11) is 4.66. The molecular weight excluding hydrogens is 418 g/mol. The number of nitrogens with two attached hydrogens (primary N) is 1. The maximum absolute atomic E-state index is 12.9. The van der Waals surface area contributed by atoms with Crippen LogP contribution in [0.25, 0.3) is 11.1 Å². The smallest absolute Gasteiger partial charge is 0.251 e. The number of carbonyl (C=O) groups is 1. The third-order valence-corrected chi connectivity index (χ3v) is 4.96. The number of hydrogen-bond donors (Lipinski definition) is 2. The number of carbonyl (C=O) groups excluding carboxylic acids is 1. The molecule has 0 atom stereocenters. The van der Waals surface area contributed by atoms with Gasteiger partial charge in [0.2, 0.25) is 5.88 Å². The van der Waals surface area contributed by atoms with Crippen LogP contribution in [0.1, 0.15) is 21.5 Å². The van der Waals surface area contributed by atoms with E-state index in [0.29, 0.717) is 41.1 Å². The zero-order chi connectivity index (χ0) is 22.4. The van der Waals surface area contributed by atoms with Crippen molar-refractivity contribution in [1.82, 2.24) is 10.3 Å². The highest BCUT2D eigenvalue weighted by molar-refractivity contribution is 6.32. The van der Waals surface area contributed by atoms with Crippen molar-refractivity contribution in [3.63, 3.8) is 0 Å². The van der Waals surface area contributed by atoms with Crippen molar-refractivity contribution in [2.75, 3.05) is 21.3 Å². The maximum Gasteiger partial charge on any atom is 0.251 e. The first-order valence-corrected chi connectivity index (χ1v) is 9.89. The van der Waals surface area contributed by atoms with Gasteiger partial charge in [0.25, 0.3) is 5.91 Å². The number of benzene rings is 2. The number of pyridine rings is 1. The average molecular weight is 442 g/mol. The number of methoxy groups -OCH3 is 3. The van der Waals surface area contributed by atoms with Gasteiger partial charge in [0.05, 0.1) is 21.3 Å². The molecule has 0 unspecified atom stereocenters. The van der Waals surface area contributed by atoms with E-state index in [2.05, 4.69) is 10.3 Å². The standard InChI is InChI=1S/C23H24ClN3O4/c1-29-19-6-15(7-20(10-19)30-2)12-26-22(28)17-5-14(11-25)4-16(8-17)18-9-21(24)23(31-3)27-13-18/h4-10,13H,11-12,25H2,1-3H3,(H,26,28).